The molecule has 1 N–H and O–H groups in total. The molecule has 0 heterocycles. The number of benzene rings is 2. The Bertz CT molecular complexity index is 657. The molecule has 4 heteroatoms. The predicted octanol–water partition coefficient (Wildman–Crippen LogP) is 3.95. The van der Waals surface area contributed by atoms with Crippen LogP contribution in [-0.4, -0.2) is 11.2 Å². The van der Waals surface area contributed by atoms with Crippen molar-refractivity contribution in [1.29, 1.82) is 0 Å². The van der Waals surface area contributed by atoms with Crippen molar-refractivity contribution in [2.45, 2.75) is 31.5 Å². The second-order valence-electron chi connectivity index (χ2n) is 5.44. The van der Waals surface area contributed by atoms with E-state index in [0.29, 0.717) is 6.42 Å². The Morgan fingerprint density at radius 3 is 2.52 bits per heavy atom. The number of ether oxygens (including phenoxy) is 1. The Morgan fingerprint density at radius 2 is 1.81 bits per heavy atom. The van der Waals surface area contributed by atoms with E-state index in [1.165, 1.54) is 6.07 Å². The minimum absolute atomic E-state index is 0.0352. The second-order valence-corrected chi connectivity index (χ2v) is 5.44. The lowest BCUT2D eigenvalue weighted by molar-refractivity contribution is 0.0158. The first-order valence-corrected chi connectivity index (χ1v) is 6.95. The molecule has 3 atom stereocenters. The summed E-state index contributed by atoms with van der Waals surface area (Å²) in [6, 6.07) is 10.8. The molecule has 3 unspecified atom stereocenters. The van der Waals surface area contributed by atoms with E-state index in [0.717, 1.165) is 23.3 Å². The van der Waals surface area contributed by atoms with Gasteiger partial charge in [0, 0.05) is 6.07 Å². The molecule has 3 rings (SSSR count). The van der Waals surface area contributed by atoms with Crippen LogP contribution in [0.25, 0.3) is 0 Å². The van der Waals surface area contributed by atoms with Crippen molar-refractivity contribution in [1.82, 2.24) is 0 Å². The van der Waals surface area contributed by atoms with Gasteiger partial charge in [-0.3, -0.25) is 0 Å². The number of halogens is 2. The van der Waals surface area contributed by atoms with Crippen molar-refractivity contribution in [3.63, 3.8) is 0 Å². The number of aliphatic hydroxyl groups is 1. The molecule has 2 aromatic carbocycles. The number of aliphatic hydroxyl groups excluding tert-OH is 1. The standard InChI is InChI=1S/C17H16F2O2/c1-10-8-16(17(20)13-5-3-2-4-12(10)13)21-15-7-6-11(18)9-14(15)19/h2-7,9-10,16-17,20H,8H2,1H3. The minimum atomic E-state index is -0.818. The second kappa shape index (κ2) is 5.45. The van der Waals surface area contributed by atoms with Crippen molar-refractivity contribution in [3.05, 3.63) is 65.2 Å². The molecule has 2 aromatic rings. The molecule has 0 amide bonds. The van der Waals surface area contributed by atoms with Gasteiger partial charge in [0.15, 0.2) is 11.6 Å². The Labute approximate surface area is 122 Å². The highest BCUT2D eigenvalue weighted by Crippen LogP contribution is 2.39. The van der Waals surface area contributed by atoms with E-state index in [4.69, 9.17) is 4.74 Å². The summed E-state index contributed by atoms with van der Waals surface area (Å²) in [5.74, 6) is -1.23. The molecule has 21 heavy (non-hydrogen) atoms. The predicted molar refractivity (Wildman–Crippen MR) is 75.2 cm³/mol. The van der Waals surface area contributed by atoms with Gasteiger partial charge in [-0.05, 0) is 35.6 Å². The zero-order valence-corrected chi connectivity index (χ0v) is 11.6. The Hall–Kier alpha value is -1.94. The van der Waals surface area contributed by atoms with Crippen LogP contribution in [0.3, 0.4) is 0 Å². The third-order valence-corrected chi connectivity index (χ3v) is 3.96. The number of hydrogen-bond acceptors (Lipinski definition) is 2. The molecule has 0 radical (unpaired) electrons. The molecule has 0 fully saturated rings. The van der Waals surface area contributed by atoms with Crippen LogP contribution < -0.4 is 4.74 Å². The van der Waals surface area contributed by atoms with E-state index in [1.54, 1.807) is 0 Å². The summed E-state index contributed by atoms with van der Waals surface area (Å²) in [4.78, 5) is 0. The number of rotatable bonds is 2. The van der Waals surface area contributed by atoms with Gasteiger partial charge in [0.2, 0.25) is 0 Å². The molecule has 1 aliphatic rings. The van der Waals surface area contributed by atoms with E-state index in [9.17, 15) is 13.9 Å². The van der Waals surface area contributed by atoms with Crippen molar-refractivity contribution in [3.8, 4) is 5.75 Å². The summed E-state index contributed by atoms with van der Waals surface area (Å²) in [5, 5.41) is 10.4. The van der Waals surface area contributed by atoms with Crippen LogP contribution in [0.1, 0.15) is 36.5 Å². The van der Waals surface area contributed by atoms with Crippen LogP contribution in [0.15, 0.2) is 42.5 Å². The fourth-order valence-corrected chi connectivity index (χ4v) is 2.88. The highest BCUT2D eigenvalue weighted by molar-refractivity contribution is 5.36. The lowest BCUT2D eigenvalue weighted by atomic mass is 9.80. The molecule has 0 aromatic heterocycles. The van der Waals surface area contributed by atoms with Crippen molar-refractivity contribution in [2.75, 3.05) is 0 Å². The molecule has 0 spiro atoms. The van der Waals surface area contributed by atoms with Crippen LogP contribution in [0, 0.1) is 11.6 Å². The van der Waals surface area contributed by atoms with Crippen LogP contribution in [0.5, 0.6) is 5.75 Å². The monoisotopic (exact) mass is 290 g/mol. The van der Waals surface area contributed by atoms with Gasteiger partial charge in [0.05, 0.1) is 0 Å². The summed E-state index contributed by atoms with van der Waals surface area (Å²) < 4.78 is 32.2. The first-order chi connectivity index (χ1) is 10.1. The van der Waals surface area contributed by atoms with E-state index in [2.05, 4.69) is 0 Å². The van der Waals surface area contributed by atoms with Gasteiger partial charge in [0.25, 0.3) is 0 Å². The topological polar surface area (TPSA) is 29.5 Å². The fraction of sp³-hybridized carbons (Fsp3) is 0.294. The summed E-state index contributed by atoms with van der Waals surface area (Å²) >= 11 is 0. The zero-order valence-electron chi connectivity index (χ0n) is 11.6. The van der Waals surface area contributed by atoms with E-state index < -0.39 is 23.8 Å². The first kappa shape index (κ1) is 14.0. The Kier molecular flexibility index (Phi) is 3.64. The lowest BCUT2D eigenvalue weighted by Gasteiger charge is -2.34. The first-order valence-electron chi connectivity index (χ1n) is 6.95. The van der Waals surface area contributed by atoms with Crippen molar-refractivity contribution in [2.24, 2.45) is 0 Å². The summed E-state index contributed by atoms with van der Waals surface area (Å²) in [5.41, 5.74) is 1.90. The summed E-state index contributed by atoms with van der Waals surface area (Å²) in [6.45, 7) is 2.04. The minimum Gasteiger partial charge on any atom is -0.484 e. The smallest absolute Gasteiger partial charge is 0.167 e. The quantitative estimate of drug-likeness (QED) is 0.907. The van der Waals surface area contributed by atoms with Gasteiger partial charge in [-0.1, -0.05) is 31.2 Å². The average molecular weight is 290 g/mol. The largest absolute Gasteiger partial charge is 0.484 e. The lowest BCUT2D eigenvalue weighted by Crippen LogP contribution is -2.32. The third-order valence-electron chi connectivity index (χ3n) is 3.96. The molecule has 1 aliphatic carbocycles. The molecule has 110 valence electrons. The number of fused-ring (bicyclic) bond motifs is 1. The Morgan fingerprint density at radius 1 is 1.10 bits per heavy atom. The molecule has 0 bridgehead atoms. The molecule has 2 nitrogen and oxygen atoms in total. The van der Waals surface area contributed by atoms with Gasteiger partial charge in [0.1, 0.15) is 18.0 Å². The summed E-state index contributed by atoms with van der Waals surface area (Å²) in [7, 11) is 0. The maximum absolute atomic E-state index is 13.7. The SMILES string of the molecule is CC1CC(Oc2ccc(F)cc2F)C(O)c2ccccc21. The normalized spacial score (nSPS) is 24.5. The van der Waals surface area contributed by atoms with E-state index in [-0.39, 0.29) is 11.7 Å². The summed E-state index contributed by atoms with van der Waals surface area (Å²) in [6.07, 6.45) is -0.786. The van der Waals surface area contributed by atoms with Gasteiger partial charge < -0.3 is 9.84 Å². The molecule has 0 saturated carbocycles. The van der Waals surface area contributed by atoms with E-state index in [1.807, 2.05) is 31.2 Å². The van der Waals surface area contributed by atoms with Crippen molar-refractivity contribution < 1.29 is 18.6 Å². The number of hydrogen-bond donors (Lipinski definition) is 1. The maximum Gasteiger partial charge on any atom is 0.167 e. The van der Waals surface area contributed by atoms with Crippen LogP contribution in [0.4, 0.5) is 8.78 Å². The Balaban J connectivity index is 1.87. The average Bonchev–Trinajstić information content (AvgIpc) is 2.47. The van der Waals surface area contributed by atoms with Gasteiger partial charge in [-0.25, -0.2) is 8.78 Å². The molecular weight excluding hydrogens is 274 g/mol. The van der Waals surface area contributed by atoms with E-state index >= 15 is 0 Å². The highest BCUT2D eigenvalue weighted by Gasteiger charge is 2.33. The maximum atomic E-state index is 13.7. The molecular formula is C17H16F2O2. The zero-order chi connectivity index (χ0) is 15.0. The van der Waals surface area contributed by atoms with Crippen molar-refractivity contribution >= 4 is 0 Å². The van der Waals surface area contributed by atoms with Crippen LogP contribution >= 0.6 is 0 Å². The van der Waals surface area contributed by atoms with Crippen LogP contribution in [-0.2, 0) is 0 Å². The third kappa shape index (κ3) is 2.63. The van der Waals surface area contributed by atoms with Gasteiger partial charge in [-0.15, -0.1) is 0 Å². The van der Waals surface area contributed by atoms with Crippen LogP contribution in [0.2, 0.25) is 0 Å². The highest BCUT2D eigenvalue weighted by atomic mass is 19.1. The van der Waals surface area contributed by atoms with Gasteiger partial charge >= 0.3 is 0 Å². The fourth-order valence-electron chi connectivity index (χ4n) is 2.88. The molecule has 0 saturated heterocycles. The molecule has 0 aliphatic heterocycles. The van der Waals surface area contributed by atoms with Gasteiger partial charge in [-0.2, -0.15) is 0 Å².